The number of hydrogen-bond acceptors (Lipinski definition) is 6. The minimum atomic E-state index is -0.147. The maximum atomic E-state index is 13.4. The van der Waals surface area contributed by atoms with Crippen LogP contribution in [0, 0.1) is 0 Å². The number of rotatable bonds is 7. The van der Waals surface area contributed by atoms with Gasteiger partial charge >= 0.3 is 0 Å². The van der Waals surface area contributed by atoms with Gasteiger partial charge in [0.15, 0.2) is 0 Å². The van der Waals surface area contributed by atoms with Crippen molar-refractivity contribution in [2.75, 3.05) is 32.8 Å². The predicted molar refractivity (Wildman–Crippen MR) is 129 cm³/mol. The highest BCUT2D eigenvalue weighted by molar-refractivity contribution is 7.10. The lowest BCUT2D eigenvalue weighted by Crippen LogP contribution is -2.43. The van der Waals surface area contributed by atoms with E-state index in [4.69, 9.17) is 9.84 Å². The van der Waals surface area contributed by atoms with Gasteiger partial charge in [0.25, 0.3) is 5.91 Å². The third-order valence-corrected chi connectivity index (χ3v) is 6.70. The van der Waals surface area contributed by atoms with Crippen molar-refractivity contribution in [1.29, 1.82) is 0 Å². The van der Waals surface area contributed by atoms with Gasteiger partial charge in [-0.25, -0.2) is 4.68 Å². The standard InChI is InChI=1S/C25H25N5O2S/c31-25(27-17-22(23-9-5-15-33-23)29-11-13-32-14-12-29)21-18-30(20-7-2-1-3-8-20)28-24(21)19-6-4-10-26-16-19/h1-10,15-16,18,22H,11-14,17H2,(H,27,31)/t22-/m0/s1. The van der Waals surface area contributed by atoms with Crippen molar-refractivity contribution in [3.63, 3.8) is 0 Å². The molecule has 1 atom stereocenters. The summed E-state index contributed by atoms with van der Waals surface area (Å²) in [5, 5.41) is 9.98. The van der Waals surface area contributed by atoms with E-state index >= 15 is 0 Å². The molecule has 168 valence electrons. The van der Waals surface area contributed by atoms with Gasteiger partial charge in [0.2, 0.25) is 0 Å². The fourth-order valence-electron chi connectivity index (χ4n) is 4.03. The summed E-state index contributed by atoms with van der Waals surface area (Å²) in [4.78, 5) is 21.3. The fourth-order valence-corrected chi connectivity index (χ4v) is 4.89. The van der Waals surface area contributed by atoms with E-state index in [2.05, 4.69) is 32.7 Å². The van der Waals surface area contributed by atoms with Crippen LogP contribution in [-0.2, 0) is 4.74 Å². The minimum Gasteiger partial charge on any atom is -0.379 e. The lowest BCUT2D eigenvalue weighted by Gasteiger charge is -2.34. The minimum absolute atomic E-state index is 0.115. The summed E-state index contributed by atoms with van der Waals surface area (Å²) >= 11 is 1.72. The van der Waals surface area contributed by atoms with Crippen molar-refractivity contribution in [2.45, 2.75) is 6.04 Å². The topological polar surface area (TPSA) is 72.3 Å². The third kappa shape index (κ3) is 4.88. The molecular formula is C25H25N5O2S. The Labute approximate surface area is 196 Å². The number of amides is 1. The highest BCUT2D eigenvalue weighted by Gasteiger charge is 2.25. The number of nitrogens with one attached hydrogen (secondary N) is 1. The molecule has 1 N–H and O–H groups in total. The molecule has 0 spiro atoms. The first-order valence-corrected chi connectivity index (χ1v) is 11.9. The first kappa shape index (κ1) is 21.5. The summed E-state index contributed by atoms with van der Waals surface area (Å²) in [6, 6.07) is 17.9. The van der Waals surface area contributed by atoms with Gasteiger partial charge < -0.3 is 10.1 Å². The molecule has 0 bridgehead atoms. The third-order valence-electron chi connectivity index (χ3n) is 5.73. The zero-order valence-electron chi connectivity index (χ0n) is 18.1. The molecule has 33 heavy (non-hydrogen) atoms. The Hall–Kier alpha value is -3.33. The summed E-state index contributed by atoms with van der Waals surface area (Å²) in [6.07, 6.45) is 5.24. The zero-order valence-corrected chi connectivity index (χ0v) is 18.9. The number of carbonyl (C=O) groups is 1. The van der Waals surface area contributed by atoms with Crippen molar-refractivity contribution in [2.24, 2.45) is 0 Å². The van der Waals surface area contributed by atoms with Gasteiger partial charge in [-0.3, -0.25) is 14.7 Å². The van der Waals surface area contributed by atoms with Crippen LogP contribution < -0.4 is 5.32 Å². The Kier molecular flexibility index (Phi) is 6.57. The van der Waals surface area contributed by atoms with Crippen LogP contribution in [-0.4, -0.2) is 58.4 Å². The Bertz CT molecular complexity index is 1170. The van der Waals surface area contributed by atoms with Gasteiger partial charge in [-0.1, -0.05) is 24.3 Å². The molecular weight excluding hydrogens is 434 g/mol. The number of thiophene rings is 1. The van der Waals surface area contributed by atoms with Crippen LogP contribution in [0.2, 0.25) is 0 Å². The van der Waals surface area contributed by atoms with E-state index in [1.54, 1.807) is 34.6 Å². The second kappa shape index (κ2) is 10.1. The summed E-state index contributed by atoms with van der Waals surface area (Å²) in [5.74, 6) is -0.147. The Morgan fingerprint density at radius 3 is 2.67 bits per heavy atom. The average molecular weight is 460 g/mol. The molecule has 1 amide bonds. The lowest BCUT2D eigenvalue weighted by molar-refractivity contribution is 0.0169. The summed E-state index contributed by atoms with van der Waals surface area (Å²) in [6.45, 7) is 3.65. The number of morpholine rings is 1. The molecule has 1 fully saturated rings. The molecule has 5 rings (SSSR count). The molecule has 1 aliphatic rings. The van der Waals surface area contributed by atoms with Crippen LogP contribution in [0.15, 0.2) is 78.6 Å². The number of nitrogens with zero attached hydrogens (tertiary/aromatic N) is 4. The zero-order chi connectivity index (χ0) is 22.5. The molecule has 1 saturated heterocycles. The molecule has 7 nitrogen and oxygen atoms in total. The quantitative estimate of drug-likeness (QED) is 0.455. The first-order valence-electron chi connectivity index (χ1n) is 11.0. The number of ether oxygens (including phenoxy) is 1. The Morgan fingerprint density at radius 2 is 1.94 bits per heavy atom. The van der Waals surface area contributed by atoms with E-state index in [-0.39, 0.29) is 11.9 Å². The van der Waals surface area contributed by atoms with Gasteiger partial charge in [0.1, 0.15) is 5.69 Å². The fraction of sp³-hybridized carbons (Fsp3) is 0.240. The monoisotopic (exact) mass is 459 g/mol. The number of carbonyl (C=O) groups excluding carboxylic acids is 1. The van der Waals surface area contributed by atoms with Crippen molar-refractivity contribution in [3.8, 4) is 16.9 Å². The highest BCUT2D eigenvalue weighted by atomic mass is 32.1. The van der Waals surface area contributed by atoms with Crippen molar-refractivity contribution in [3.05, 3.63) is 89.0 Å². The predicted octanol–water partition coefficient (Wildman–Crippen LogP) is 3.80. The molecule has 1 aliphatic heterocycles. The van der Waals surface area contributed by atoms with Crippen LogP contribution in [0.1, 0.15) is 21.3 Å². The smallest absolute Gasteiger partial charge is 0.255 e. The maximum absolute atomic E-state index is 13.4. The number of aromatic nitrogens is 3. The van der Waals surface area contributed by atoms with Crippen molar-refractivity contribution < 1.29 is 9.53 Å². The summed E-state index contributed by atoms with van der Waals surface area (Å²) < 4.78 is 7.28. The molecule has 0 aliphatic carbocycles. The molecule has 4 aromatic rings. The maximum Gasteiger partial charge on any atom is 0.255 e. The van der Waals surface area contributed by atoms with Crippen LogP contribution in [0.25, 0.3) is 16.9 Å². The Balaban J connectivity index is 1.42. The van der Waals surface area contributed by atoms with Crippen LogP contribution in [0.3, 0.4) is 0 Å². The van der Waals surface area contributed by atoms with Gasteiger partial charge in [0, 0.05) is 48.7 Å². The largest absolute Gasteiger partial charge is 0.379 e. The van der Waals surface area contributed by atoms with E-state index < -0.39 is 0 Å². The summed E-state index contributed by atoms with van der Waals surface area (Å²) in [7, 11) is 0. The van der Waals surface area contributed by atoms with Crippen LogP contribution in [0.4, 0.5) is 0 Å². The normalized spacial score (nSPS) is 15.3. The summed E-state index contributed by atoms with van der Waals surface area (Å²) in [5.41, 5.74) is 2.84. The molecule has 3 aromatic heterocycles. The van der Waals surface area contributed by atoms with Crippen LogP contribution >= 0.6 is 11.3 Å². The van der Waals surface area contributed by atoms with Crippen molar-refractivity contribution >= 4 is 17.2 Å². The Morgan fingerprint density at radius 1 is 1.09 bits per heavy atom. The number of hydrogen-bond donors (Lipinski definition) is 1. The molecule has 0 unspecified atom stereocenters. The number of pyridine rings is 1. The number of benzene rings is 1. The number of para-hydroxylation sites is 1. The lowest BCUT2D eigenvalue weighted by atomic mass is 10.1. The van der Waals surface area contributed by atoms with Gasteiger partial charge in [-0.2, -0.15) is 5.10 Å². The first-order chi connectivity index (χ1) is 16.3. The molecule has 1 aromatic carbocycles. The van der Waals surface area contributed by atoms with E-state index in [1.165, 1.54) is 4.88 Å². The van der Waals surface area contributed by atoms with Crippen molar-refractivity contribution in [1.82, 2.24) is 25.0 Å². The van der Waals surface area contributed by atoms with Crippen LogP contribution in [0.5, 0.6) is 0 Å². The highest BCUT2D eigenvalue weighted by Crippen LogP contribution is 2.27. The van der Waals surface area contributed by atoms with E-state index in [9.17, 15) is 4.79 Å². The van der Waals surface area contributed by atoms with E-state index in [0.29, 0.717) is 31.0 Å². The van der Waals surface area contributed by atoms with Gasteiger partial charge in [-0.05, 0) is 35.7 Å². The molecule has 0 radical (unpaired) electrons. The van der Waals surface area contributed by atoms with E-state index in [1.807, 2.05) is 42.5 Å². The van der Waals surface area contributed by atoms with Gasteiger partial charge in [-0.15, -0.1) is 11.3 Å². The average Bonchev–Trinajstić information content (AvgIpc) is 3.57. The molecule has 8 heteroatoms. The van der Waals surface area contributed by atoms with E-state index in [0.717, 1.165) is 24.3 Å². The van der Waals surface area contributed by atoms with Gasteiger partial charge in [0.05, 0.1) is 30.5 Å². The molecule has 4 heterocycles. The second-order valence-corrected chi connectivity index (χ2v) is 8.78. The molecule has 0 saturated carbocycles. The second-order valence-electron chi connectivity index (χ2n) is 7.80. The SMILES string of the molecule is O=C(NC[C@@H](c1cccs1)N1CCOCC1)c1cn(-c2ccccc2)nc1-c1cccnc1.